The van der Waals surface area contributed by atoms with Crippen LogP contribution in [-0.4, -0.2) is 27.2 Å². The van der Waals surface area contributed by atoms with E-state index in [0.717, 1.165) is 19.3 Å². The van der Waals surface area contributed by atoms with E-state index in [-0.39, 0.29) is 11.8 Å². The van der Waals surface area contributed by atoms with Gasteiger partial charge in [-0.25, -0.2) is 0 Å². The number of nitriles is 1. The molecule has 1 aliphatic rings. The van der Waals surface area contributed by atoms with Gasteiger partial charge in [-0.3, -0.25) is 4.79 Å². The maximum absolute atomic E-state index is 12.1. The van der Waals surface area contributed by atoms with Crippen LogP contribution in [0.2, 0.25) is 0 Å². The Morgan fingerprint density at radius 2 is 1.82 bits per heavy atom. The van der Waals surface area contributed by atoms with E-state index in [9.17, 15) is 10.1 Å². The first-order valence-electron chi connectivity index (χ1n) is 7.14. The van der Waals surface area contributed by atoms with Gasteiger partial charge >= 0.3 is 0 Å². The fourth-order valence-electron chi connectivity index (χ4n) is 2.39. The second kappa shape index (κ2) is 7.03. The van der Waals surface area contributed by atoms with Gasteiger partial charge in [-0.1, -0.05) is 6.42 Å². The molecular formula is C16H20N2O4. The lowest BCUT2D eigenvalue weighted by Crippen LogP contribution is -2.36. The SMILES string of the molecule is COc1cc([C@@H](C#N)NC(=O)C2CCC2)cc(OC)c1OC. The summed E-state index contributed by atoms with van der Waals surface area (Å²) in [6.07, 6.45) is 2.85. The van der Waals surface area contributed by atoms with Crippen LogP contribution in [0.25, 0.3) is 0 Å². The summed E-state index contributed by atoms with van der Waals surface area (Å²) < 4.78 is 15.8. The van der Waals surface area contributed by atoms with E-state index in [1.54, 1.807) is 12.1 Å². The molecule has 0 bridgehead atoms. The van der Waals surface area contributed by atoms with Gasteiger partial charge in [-0.15, -0.1) is 0 Å². The molecule has 1 atom stereocenters. The Labute approximate surface area is 130 Å². The van der Waals surface area contributed by atoms with Crippen LogP contribution in [0.15, 0.2) is 12.1 Å². The summed E-state index contributed by atoms with van der Waals surface area (Å²) in [6.45, 7) is 0. The summed E-state index contributed by atoms with van der Waals surface area (Å²) in [4.78, 5) is 12.1. The second-order valence-corrected chi connectivity index (χ2v) is 5.16. The van der Waals surface area contributed by atoms with E-state index in [0.29, 0.717) is 22.8 Å². The minimum absolute atomic E-state index is 0.0258. The fraction of sp³-hybridized carbons (Fsp3) is 0.500. The van der Waals surface area contributed by atoms with Crippen molar-refractivity contribution in [1.82, 2.24) is 5.32 Å². The number of ether oxygens (including phenoxy) is 3. The Morgan fingerprint density at radius 1 is 1.23 bits per heavy atom. The number of methoxy groups -OCH3 is 3. The number of rotatable bonds is 6. The molecule has 1 aromatic carbocycles. The molecule has 118 valence electrons. The van der Waals surface area contributed by atoms with E-state index < -0.39 is 6.04 Å². The lowest BCUT2D eigenvalue weighted by Gasteiger charge is -2.25. The van der Waals surface area contributed by atoms with Gasteiger partial charge in [-0.05, 0) is 30.5 Å². The smallest absolute Gasteiger partial charge is 0.224 e. The molecule has 0 heterocycles. The number of carbonyl (C=O) groups excluding carboxylic acids is 1. The molecule has 1 aromatic rings. The Bertz CT molecular complexity index is 565. The standard InChI is InChI=1S/C16H20N2O4/c1-20-13-7-11(8-14(21-2)15(13)22-3)12(9-17)18-16(19)10-5-4-6-10/h7-8,10,12H,4-6H2,1-3H3,(H,18,19)/t12-/m1/s1. The molecule has 2 rings (SSSR count). The molecule has 0 radical (unpaired) electrons. The van der Waals surface area contributed by atoms with Crippen LogP contribution in [0, 0.1) is 17.2 Å². The van der Waals surface area contributed by atoms with E-state index in [4.69, 9.17) is 14.2 Å². The van der Waals surface area contributed by atoms with Crippen LogP contribution in [0.1, 0.15) is 30.9 Å². The molecule has 0 spiro atoms. The Hall–Kier alpha value is -2.42. The zero-order valence-electron chi connectivity index (χ0n) is 13.0. The average molecular weight is 304 g/mol. The zero-order chi connectivity index (χ0) is 16.1. The van der Waals surface area contributed by atoms with Gasteiger partial charge < -0.3 is 19.5 Å². The van der Waals surface area contributed by atoms with Gasteiger partial charge in [0.15, 0.2) is 11.5 Å². The van der Waals surface area contributed by atoms with Crippen molar-refractivity contribution in [2.24, 2.45) is 5.92 Å². The maximum Gasteiger partial charge on any atom is 0.224 e. The largest absolute Gasteiger partial charge is 0.493 e. The predicted molar refractivity (Wildman–Crippen MR) is 79.9 cm³/mol. The minimum atomic E-state index is -0.748. The fourth-order valence-corrected chi connectivity index (χ4v) is 2.39. The highest BCUT2D eigenvalue weighted by Gasteiger charge is 2.28. The van der Waals surface area contributed by atoms with E-state index >= 15 is 0 Å². The first-order valence-corrected chi connectivity index (χ1v) is 7.14. The molecular weight excluding hydrogens is 284 g/mol. The molecule has 1 N–H and O–H groups in total. The van der Waals surface area contributed by atoms with Crippen LogP contribution < -0.4 is 19.5 Å². The van der Waals surface area contributed by atoms with Gasteiger partial charge in [0, 0.05) is 5.92 Å². The zero-order valence-corrected chi connectivity index (χ0v) is 13.0. The molecule has 6 heteroatoms. The van der Waals surface area contributed by atoms with E-state index in [1.807, 2.05) is 0 Å². The highest BCUT2D eigenvalue weighted by atomic mass is 16.5. The van der Waals surface area contributed by atoms with Crippen molar-refractivity contribution in [3.63, 3.8) is 0 Å². The van der Waals surface area contributed by atoms with Crippen molar-refractivity contribution in [2.45, 2.75) is 25.3 Å². The molecule has 0 saturated heterocycles. The predicted octanol–water partition coefficient (Wildman–Crippen LogP) is 2.19. The second-order valence-electron chi connectivity index (χ2n) is 5.16. The number of carbonyl (C=O) groups is 1. The lowest BCUT2D eigenvalue weighted by molar-refractivity contribution is -0.127. The van der Waals surface area contributed by atoms with E-state index in [2.05, 4.69) is 11.4 Å². The summed E-state index contributed by atoms with van der Waals surface area (Å²) in [6, 6.07) is 4.71. The third kappa shape index (κ3) is 3.08. The van der Waals surface area contributed by atoms with Gasteiger partial charge in [-0.2, -0.15) is 5.26 Å². The van der Waals surface area contributed by atoms with Gasteiger partial charge in [0.25, 0.3) is 0 Å². The van der Waals surface area contributed by atoms with Gasteiger partial charge in [0.1, 0.15) is 6.04 Å². The number of benzene rings is 1. The third-order valence-corrected chi connectivity index (χ3v) is 3.91. The normalized spacial score (nSPS) is 15.2. The molecule has 1 fully saturated rings. The van der Waals surface area contributed by atoms with Crippen molar-refractivity contribution in [3.05, 3.63) is 17.7 Å². The first-order chi connectivity index (χ1) is 10.6. The maximum atomic E-state index is 12.1. The molecule has 1 saturated carbocycles. The highest BCUT2D eigenvalue weighted by Crippen LogP contribution is 2.39. The van der Waals surface area contributed by atoms with Crippen LogP contribution in [-0.2, 0) is 4.79 Å². The van der Waals surface area contributed by atoms with Crippen LogP contribution in [0.5, 0.6) is 17.2 Å². The topological polar surface area (TPSA) is 80.6 Å². The highest BCUT2D eigenvalue weighted by molar-refractivity contribution is 5.80. The number of amides is 1. The first kappa shape index (κ1) is 16.0. The molecule has 0 unspecified atom stereocenters. The molecule has 0 aliphatic heterocycles. The monoisotopic (exact) mass is 304 g/mol. The summed E-state index contributed by atoms with van der Waals surface area (Å²) in [5.41, 5.74) is 0.602. The van der Waals surface area contributed by atoms with Crippen molar-refractivity contribution in [3.8, 4) is 23.3 Å². The number of nitrogens with one attached hydrogen (secondary N) is 1. The van der Waals surface area contributed by atoms with Crippen LogP contribution in [0.4, 0.5) is 0 Å². The van der Waals surface area contributed by atoms with Gasteiger partial charge in [0.2, 0.25) is 11.7 Å². The molecule has 22 heavy (non-hydrogen) atoms. The summed E-state index contributed by atoms with van der Waals surface area (Å²) in [5.74, 6) is 1.31. The van der Waals surface area contributed by atoms with Crippen LogP contribution in [0.3, 0.4) is 0 Å². The minimum Gasteiger partial charge on any atom is -0.493 e. The molecule has 6 nitrogen and oxygen atoms in total. The molecule has 0 aromatic heterocycles. The van der Waals surface area contributed by atoms with Crippen molar-refractivity contribution in [1.29, 1.82) is 5.26 Å². The molecule has 1 amide bonds. The van der Waals surface area contributed by atoms with E-state index in [1.165, 1.54) is 21.3 Å². The van der Waals surface area contributed by atoms with Crippen LogP contribution >= 0.6 is 0 Å². The number of hydrogen-bond donors (Lipinski definition) is 1. The Kier molecular flexibility index (Phi) is 5.10. The average Bonchev–Trinajstić information content (AvgIpc) is 2.49. The Balaban J connectivity index is 2.28. The number of nitrogens with zero attached hydrogens (tertiary/aromatic N) is 1. The lowest BCUT2D eigenvalue weighted by atomic mass is 9.84. The van der Waals surface area contributed by atoms with Gasteiger partial charge in [0.05, 0.1) is 27.4 Å². The van der Waals surface area contributed by atoms with Crippen molar-refractivity contribution >= 4 is 5.91 Å². The van der Waals surface area contributed by atoms with Crippen molar-refractivity contribution < 1.29 is 19.0 Å². The summed E-state index contributed by atoms with van der Waals surface area (Å²) in [7, 11) is 4.53. The quantitative estimate of drug-likeness (QED) is 0.871. The molecule has 1 aliphatic carbocycles. The Morgan fingerprint density at radius 3 is 2.18 bits per heavy atom. The third-order valence-electron chi connectivity index (χ3n) is 3.91. The summed E-state index contributed by atoms with van der Waals surface area (Å²) >= 11 is 0. The summed E-state index contributed by atoms with van der Waals surface area (Å²) in [5, 5.41) is 12.1. The van der Waals surface area contributed by atoms with Crippen molar-refractivity contribution in [2.75, 3.05) is 21.3 Å². The number of hydrogen-bond acceptors (Lipinski definition) is 5.